The fourth-order valence-electron chi connectivity index (χ4n) is 3.43. The zero-order chi connectivity index (χ0) is 21.7. The average molecular weight is 468 g/mol. The molecule has 4 rings (SSSR count). The number of rotatable bonds is 4. The summed E-state index contributed by atoms with van der Waals surface area (Å²) in [5.41, 5.74) is 1.64. The summed E-state index contributed by atoms with van der Waals surface area (Å²) >= 11 is 0.995. The summed E-state index contributed by atoms with van der Waals surface area (Å²) in [6.45, 7) is 2.17. The van der Waals surface area contributed by atoms with Crippen LogP contribution in [0.2, 0.25) is 0 Å². The third-order valence-electron chi connectivity index (χ3n) is 5.26. The van der Waals surface area contributed by atoms with Crippen LogP contribution in [0.4, 0.5) is 0 Å². The second-order valence-electron chi connectivity index (χ2n) is 7.18. The molecule has 1 saturated heterocycles. The zero-order valence-electron chi connectivity index (χ0n) is 16.5. The summed E-state index contributed by atoms with van der Waals surface area (Å²) in [6, 6.07) is 11.2. The Balaban J connectivity index is 1.54. The molecular formula is C19H21N3O5S3. The van der Waals surface area contributed by atoms with E-state index in [1.54, 1.807) is 37.4 Å². The standard InChI is InChI=1S/C19H21N3O5S3/c1-14-3-5-15(6-4-14)29(24,25)21-9-11-22(12-10-21)30(26,27)16-7-8-17-18(13-16)28-19(23)20(17)2/h3-8,13H,9-12H2,1-2H3. The van der Waals surface area contributed by atoms with Gasteiger partial charge in [-0.3, -0.25) is 4.79 Å². The van der Waals surface area contributed by atoms with Crippen molar-refractivity contribution in [2.45, 2.75) is 16.7 Å². The molecule has 1 aromatic heterocycles. The number of sulfonamides is 2. The molecule has 0 saturated carbocycles. The lowest BCUT2D eigenvalue weighted by Crippen LogP contribution is -2.50. The van der Waals surface area contributed by atoms with E-state index in [0.29, 0.717) is 10.2 Å². The molecule has 0 unspecified atom stereocenters. The first kappa shape index (κ1) is 21.2. The highest BCUT2D eigenvalue weighted by molar-refractivity contribution is 7.89. The summed E-state index contributed by atoms with van der Waals surface area (Å²) in [5, 5.41) is 0. The second-order valence-corrected chi connectivity index (χ2v) is 12.0. The molecule has 0 amide bonds. The first-order valence-corrected chi connectivity index (χ1v) is 13.0. The number of thiazole rings is 1. The van der Waals surface area contributed by atoms with Gasteiger partial charge >= 0.3 is 4.87 Å². The number of hydrogen-bond acceptors (Lipinski definition) is 6. The lowest BCUT2D eigenvalue weighted by atomic mass is 10.2. The van der Waals surface area contributed by atoms with Gasteiger partial charge in [-0.25, -0.2) is 16.8 Å². The molecule has 1 aliphatic rings. The highest BCUT2D eigenvalue weighted by atomic mass is 32.2. The summed E-state index contributed by atoms with van der Waals surface area (Å²) in [7, 11) is -5.81. The van der Waals surface area contributed by atoms with Crippen LogP contribution in [0.3, 0.4) is 0 Å². The summed E-state index contributed by atoms with van der Waals surface area (Å²) in [4.78, 5) is 12.0. The number of aryl methyl sites for hydroxylation is 2. The monoisotopic (exact) mass is 467 g/mol. The molecule has 3 aromatic rings. The molecule has 2 aromatic carbocycles. The minimum absolute atomic E-state index is 0.0660. The van der Waals surface area contributed by atoms with Gasteiger partial charge in [-0.05, 0) is 37.3 Å². The lowest BCUT2D eigenvalue weighted by Gasteiger charge is -2.33. The molecule has 0 spiro atoms. The van der Waals surface area contributed by atoms with E-state index in [-0.39, 0.29) is 40.8 Å². The third-order valence-corrected chi connectivity index (χ3v) is 10.1. The van der Waals surface area contributed by atoms with E-state index in [9.17, 15) is 21.6 Å². The first-order valence-electron chi connectivity index (χ1n) is 9.27. The smallest absolute Gasteiger partial charge is 0.302 e. The molecule has 1 fully saturated rings. The fraction of sp³-hybridized carbons (Fsp3) is 0.316. The van der Waals surface area contributed by atoms with Gasteiger partial charge in [0.1, 0.15) is 0 Å². The van der Waals surface area contributed by atoms with Crippen LogP contribution in [-0.2, 0) is 27.1 Å². The van der Waals surface area contributed by atoms with E-state index < -0.39 is 20.0 Å². The predicted molar refractivity (Wildman–Crippen MR) is 116 cm³/mol. The van der Waals surface area contributed by atoms with Crippen molar-refractivity contribution in [3.63, 3.8) is 0 Å². The Labute approximate surface area is 179 Å². The average Bonchev–Trinajstić information content (AvgIpc) is 3.01. The predicted octanol–water partition coefficient (Wildman–Crippen LogP) is 1.60. The molecule has 2 heterocycles. The minimum atomic E-state index is -3.79. The van der Waals surface area contributed by atoms with E-state index in [2.05, 4.69) is 0 Å². The van der Waals surface area contributed by atoms with Crippen LogP contribution in [0.1, 0.15) is 5.56 Å². The number of benzene rings is 2. The van der Waals surface area contributed by atoms with E-state index >= 15 is 0 Å². The molecule has 160 valence electrons. The van der Waals surface area contributed by atoms with Gasteiger partial charge in [0.15, 0.2) is 0 Å². The molecule has 0 N–H and O–H groups in total. The van der Waals surface area contributed by atoms with Gasteiger partial charge in [0.2, 0.25) is 20.0 Å². The van der Waals surface area contributed by atoms with Crippen molar-refractivity contribution in [1.29, 1.82) is 0 Å². The highest BCUT2D eigenvalue weighted by Gasteiger charge is 2.34. The summed E-state index contributed by atoms with van der Waals surface area (Å²) < 4.78 is 56.5. The Morgan fingerprint density at radius 3 is 1.87 bits per heavy atom. The minimum Gasteiger partial charge on any atom is -0.302 e. The maximum Gasteiger partial charge on any atom is 0.307 e. The fourth-order valence-corrected chi connectivity index (χ4v) is 7.30. The molecule has 11 heteroatoms. The molecule has 0 atom stereocenters. The van der Waals surface area contributed by atoms with Crippen molar-refractivity contribution in [1.82, 2.24) is 13.2 Å². The van der Waals surface area contributed by atoms with Crippen molar-refractivity contribution >= 4 is 41.6 Å². The molecular weight excluding hydrogens is 446 g/mol. The van der Waals surface area contributed by atoms with Crippen molar-refractivity contribution < 1.29 is 16.8 Å². The maximum atomic E-state index is 13.1. The Kier molecular flexibility index (Phi) is 5.35. The Morgan fingerprint density at radius 2 is 1.30 bits per heavy atom. The SMILES string of the molecule is Cc1ccc(S(=O)(=O)N2CCN(S(=O)(=O)c3ccc4c(c3)sc(=O)n4C)CC2)cc1. The molecule has 1 aliphatic heterocycles. The van der Waals surface area contributed by atoms with Gasteiger partial charge in [0.25, 0.3) is 0 Å². The third kappa shape index (κ3) is 3.60. The summed E-state index contributed by atoms with van der Waals surface area (Å²) in [6.07, 6.45) is 0. The van der Waals surface area contributed by atoms with Crippen LogP contribution in [0.15, 0.2) is 57.1 Å². The lowest BCUT2D eigenvalue weighted by molar-refractivity contribution is 0.273. The number of fused-ring (bicyclic) bond motifs is 1. The van der Waals surface area contributed by atoms with Crippen molar-refractivity contribution in [2.75, 3.05) is 26.2 Å². The number of piperazine rings is 1. The van der Waals surface area contributed by atoms with Gasteiger partial charge in [-0.1, -0.05) is 29.0 Å². The molecule has 0 radical (unpaired) electrons. The molecule has 0 aliphatic carbocycles. The van der Waals surface area contributed by atoms with Gasteiger partial charge < -0.3 is 4.57 Å². The van der Waals surface area contributed by atoms with Gasteiger partial charge in [0, 0.05) is 33.2 Å². The van der Waals surface area contributed by atoms with Crippen LogP contribution in [0.25, 0.3) is 10.2 Å². The zero-order valence-corrected chi connectivity index (χ0v) is 18.9. The Bertz CT molecular complexity index is 1370. The van der Waals surface area contributed by atoms with E-state index in [1.165, 1.54) is 25.3 Å². The van der Waals surface area contributed by atoms with E-state index in [1.807, 2.05) is 6.92 Å². The number of nitrogens with zero attached hydrogens (tertiary/aromatic N) is 3. The second kappa shape index (κ2) is 7.57. The highest BCUT2D eigenvalue weighted by Crippen LogP contribution is 2.25. The Morgan fingerprint density at radius 1 is 0.800 bits per heavy atom. The number of aromatic nitrogens is 1. The van der Waals surface area contributed by atoms with Gasteiger partial charge in [-0.2, -0.15) is 8.61 Å². The van der Waals surface area contributed by atoms with Crippen LogP contribution in [0, 0.1) is 6.92 Å². The van der Waals surface area contributed by atoms with Gasteiger partial charge in [0.05, 0.1) is 20.0 Å². The molecule has 8 nitrogen and oxygen atoms in total. The topological polar surface area (TPSA) is 96.8 Å². The van der Waals surface area contributed by atoms with Crippen LogP contribution >= 0.6 is 11.3 Å². The summed E-state index contributed by atoms with van der Waals surface area (Å²) in [5.74, 6) is 0. The van der Waals surface area contributed by atoms with Crippen LogP contribution in [-0.4, -0.2) is 56.2 Å². The van der Waals surface area contributed by atoms with Crippen molar-refractivity contribution in [3.8, 4) is 0 Å². The normalized spacial score (nSPS) is 16.9. The van der Waals surface area contributed by atoms with Crippen molar-refractivity contribution in [2.24, 2.45) is 7.05 Å². The first-order chi connectivity index (χ1) is 14.1. The maximum absolute atomic E-state index is 13.1. The van der Waals surface area contributed by atoms with Crippen LogP contribution < -0.4 is 4.87 Å². The quantitative estimate of drug-likeness (QED) is 0.581. The van der Waals surface area contributed by atoms with E-state index in [0.717, 1.165) is 16.9 Å². The van der Waals surface area contributed by atoms with Crippen LogP contribution in [0.5, 0.6) is 0 Å². The van der Waals surface area contributed by atoms with Gasteiger partial charge in [-0.15, -0.1) is 0 Å². The van der Waals surface area contributed by atoms with E-state index in [4.69, 9.17) is 0 Å². The Hall–Kier alpha value is -2.05. The molecule has 30 heavy (non-hydrogen) atoms. The van der Waals surface area contributed by atoms with Crippen molar-refractivity contribution in [3.05, 3.63) is 57.7 Å². The largest absolute Gasteiger partial charge is 0.307 e. The number of hydrogen-bond donors (Lipinski definition) is 0. The molecule has 0 bridgehead atoms.